The Morgan fingerprint density at radius 1 is 1.14 bits per heavy atom. The quantitative estimate of drug-likeness (QED) is 0.564. The standard InChI is InChI=1S/C21H24N2O5/c1-14(21(26)22-16-7-9-17(10-8-16)23(2)3)28-20(25)12-6-15-5-11-18(24)19(13-15)27-4/h5-14,24H,1-4H3,(H,22,26). The molecule has 1 atom stereocenters. The number of rotatable bonds is 7. The van der Waals surface area contributed by atoms with E-state index in [1.54, 1.807) is 24.3 Å². The van der Waals surface area contributed by atoms with E-state index in [1.165, 1.54) is 32.3 Å². The van der Waals surface area contributed by atoms with Crippen LogP contribution in [-0.4, -0.2) is 44.3 Å². The van der Waals surface area contributed by atoms with Crippen LogP contribution in [0, 0.1) is 0 Å². The van der Waals surface area contributed by atoms with Gasteiger partial charge in [0.2, 0.25) is 0 Å². The van der Waals surface area contributed by atoms with Crippen LogP contribution in [0.4, 0.5) is 11.4 Å². The van der Waals surface area contributed by atoms with Crippen LogP contribution in [0.5, 0.6) is 11.5 Å². The summed E-state index contributed by atoms with van der Waals surface area (Å²) in [6.07, 6.45) is 1.76. The van der Waals surface area contributed by atoms with E-state index in [1.807, 2.05) is 31.1 Å². The molecule has 0 radical (unpaired) electrons. The van der Waals surface area contributed by atoms with Gasteiger partial charge in [-0.05, 0) is 55.0 Å². The van der Waals surface area contributed by atoms with Gasteiger partial charge in [0.15, 0.2) is 17.6 Å². The Labute approximate surface area is 164 Å². The van der Waals surface area contributed by atoms with Crippen molar-refractivity contribution in [3.8, 4) is 11.5 Å². The van der Waals surface area contributed by atoms with Gasteiger partial charge in [0.1, 0.15) is 0 Å². The van der Waals surface area contributed by atoms with Gasteiger partial charge in [-0.3, -0.25) is 4.79 Å². The van der Waals surface area contributed by atoms with E-state index in [0.717, 1.165) is 5.69 Å². The first-order chi connectivity index (χ1) is 13.3. The van der Waals surface area contributed by atoms with Crippen LogP contribution < -0.4 is 15.0 Å². The number of esters is 1. The maximum Gasteiger partial charge on any atom is 0.331 e. The number of hydrogen-bond acceptors (Lipinski definition) is 6. The summed E-state index contributed by atoms with van der Waals surface area (Å²) in [5, 5.41) is 12.3. The molecule has 2 N–H and O–H groups in total. The van der Waals surface area contributed by atoms with Gasteiger partial charge in [-0.1, -0.05) is 6.07 Å². The second-order valence-corrected chi connectivity index (χ2v) is 6.27. The highest BCUT2D eigenvalue weighted by atomic mass is 16.5. The van der Waals surface area contributed by atoms with Crippen molar-refractivity contribution in [2.24, 2.45) is 0 Å². The minimum atomic E-state index is -0.958. The Morgan fingerprint density at radius 2 is 1.82 bits per heavy atom. The maximum atomic E-state index is 12.2. The molecule has 0 aromatic heterocycles. The summed E-state index contributed by atoms with van der Waals surface area (Å²) in [6, 6.07) is 12.0. The monoisotopic (exact) mass is 384 g/mol. The molecule has 2 rings (SSSR count). The number of hydrogen-bond donors (Lipinski definition) is 2. The average Bonchev–Trinajstić information content (AvgIpc) is 2.67. The van der Waals surface area contributed by atoms with E-state index < -0.39 is 18.0 Å². The third kappa shape index (κ3) is 5.77. The third-order valence-electron chi connectivity index (χ3n) is 3.93. The van der Waals surface area contributed by atoms with Crippen LogP contribution in [0.2, 0.25) is 0 Å². The lowest BCUT2D eigenvalue weighted by atomic mass is 10.2. The predicted molar refractivity (Wildman–Crippen MR) is 109 cm³/mol. The molecular formula is C21H24N2O5. The van der Waals surface area contributed by atoms with E-state index >= 15 is 0 Å². The molecule has 7 nitrogen and oxygen atoms in total. The second-order valence-electron chi connectivity index (χ2n) is 6.27. The molecule has 0 heterocycles. The first-order valence-electron chi connectivity index (χ1n) is 8.64. The zero-order valence-electron chi connectivity index (χ0n) is 16.3. The summed E-state index contributed by atoms with van der Waals surface area (Å²) in [5.41, 5.74) is 2.27. The molecule has 0 bridgehead atoms. The number of phenolic OH excluding ortho intramolecular Hbond substituents is 1. The van der Waals surface area contributed by atoms with Gasteiger partial charge in [0, 0.05) is 31.5 Å². The predicted octanol–water partition coefficient (Wildman–Crippen LogP) is 3.05. The molecule has 1 amide bonds. The molecule has 2 aromatic rings. The van der Waals surface area contributed by atoms with Crippen molar-refractivity contribution in [1.82, 2.24) is 0 Å². The summed E-state index contributed by atoms with van der Waals surface area (Å²) in [6.45, 7) is 1.50. The zero-order chi connectivity index (χ0) is 20.7. The number of amides is 1. The van der Waals surface area contributed by atoms with Crippen LogP contribution in [0.15, 0.2) is 48.5 Å². The van der Waals surface area contributed by atoms with Gasteiger partial charge in [-0.2, -0.15) is 0 Å². The summed E-state index contributed by atoms with van der Waals surface area (Å²) in [5.74, 6) is -0.780. The number of methoxy groups -OCH3 is 1. The Balaban J connectivity index is 1.91. The third-order valence-corrected chi connectivity index (χ3v) is 3.93. The molecule has 1 unspecified atom stereocenters. The van der Waals surface area contributed by atoms with Gasteiger partial charge in [-0.25, -0.2) is 4.79 Å². The van der Waals surface area contributed by atoms with Crippen LogP contribution >= 0.6 is 0 Å². The highest BCUT2D eigenvalue weighted by Crippen LogP contribution is 2.26. The van der Waals surface area contributed by atoms with E-state index in [0.29, 0.717) is 17.0 Å². The molecule has 7 heteroatoms. The summed E-state index contributed by atoms with van der Waals surface area (Å²) >= 11 is 0. The van der Waals surface area contributed by atoms with Crippen molar-refractivity contribution in [2.45, 2.75) is 13.0 Å². The number of carbonyl (C=O) groups excluding carboxylic acids is 2. The van der Waals surface area contributed by atoms with Crippen molar-refractivity contribution < 1.29 is 24.2 Å². The molecule has 0 saturated heterocycles. The Kier molecular flexibility index (Phi) is 7.03. The lowest BCUT2D eigenvalue weighted by Crippen LogP contribution is -2.29. The minimum absolute atomic E-state index is 0.00568. The van der Waals surface area contributed by atoms with Crippen LogP contribution in [0.1, 0.15) is 12.5 Å². The Morgan fingerprint density at radius 3 is 2.43 bits per heavy atom. The normalized spacial score (nSPS) is 11.7. The van der Waals surface area contributed by atoms with E-state index in [9.17, 15) is 14.7 Å². The van der Waals surface area contributed by atoms with Crippen molar-refractivity contribution in [1.29, 1.82) is 0 Å². The van der Waals surface area contributed by atoms with Gasteiger partial charge in [0.05, 0.1) is 7.11 Å². The van der Waals surface area contributed by atoms with Gasteiger partial charge >= 0.3 is 5.97 Å². The number of phenols is 1. The molecule has 0 aliphatic rings. The van der Waals surface area contributed by atoms with Gasteiger partial charge < -0.3 is 24.8 Å². The van der Waals surface area contributed by atoms with Crippen molar-refractivity contribution in [3.63, 3.8) is 0 Å². The molecule has 0 aliphatic carbocycles. The SMILES string of the molecule is COc1cc(C=CC(=O)OC(C)C(=O)Nc2ccc(N(C)C)cc2)ccc1O. The fourth-order valence-corrected chi connectivity index (χ4v) is 2.32. The number of nitrogens with one attached hydrogen (secondary N) is 1. The average molecular weight is 384 g/mol. The molecule has 148 valence electrons. The highest BCUT2D eigenvalue weighted by molar-refractivity contribution is 5.96. The summed E-state index contributed by atoms with van der Waals surface area (Å²) in [4.78, 5) is 26.1. The number of aromatic hydroxyl groups is 1. The molecule has 0 aliphatic heterocycles. The topological polar surface area (TPSA) is 88.1 Å². The lowest BCUT2D eigenvalue weighted by molar-refractivity contribution is -0.148. The summed E-state index contributed by atoms with van der Waals surface area (Å²) in [7, 11) is 5.29. The molecule has 0 fully saturated rings. The number of nitrogens with zero attached hydrogens (tertiary/aromatic N) is 1. The number of ether oxygens (including phenoxy) is 2. The maximum absolute atomic E-state index is 12.2. The van der Waals surface area contributed by atoms with Crippen molar-refractivity contribution in [3.05, 3.63) is 54.1 Å². The Hall–Kier alpha value is -3.48. The first-order valence-corrected chi connectivity index (χ1v) is 8.64. The fraction of sp³-hybridized carbons (Fsp3) is 0.238. The molecule has 2 aromatic carbocycles. The Bertz CT molecular complexity index is 860. The van der Waals surface area contributed by atoms with E-state index in [2.05, 4.69) is 5.32 Å². The van der Waals surface area contributed by atoms with Gasteiger partial charge in [-0.15, -0.1) is 0 Å². The molecule has 0 spiro atoms. The molecule has 0 saturated carbocycles. The lowest BCUT2D eigenvalue weighted by Gasteiger charge is -2.15. The van der Waals surface area contributed by atoms with Gasteiger partial charge in [0.25, 0.3) is 5.91 Å². The molecular weight excluding hydrogens is 360 g/mol. The van der Waals surface area contributed by atoms with E-state index in [4.69, 9.17) is 9.47 Å². The largest absolute Gasteiger partial charge is 0.504 e. The van der Waals surface area contributed by atoms with Crippen molar-refractivity contribution >= 4 is 29.3 Å². The number of anilines is 2. The van der Waals surface area contributed by atoms with Crippen molar-refractivity contribution in [2.75, 3.05) is 31.4 Å². The van der Waals surface area contributed by atoms with Crippen LogP contribution in [0.3, 0.4) is 0 Å². The highest BCUT2D eigenvalue weighted by Gasteiger charge is 2.16. The fourth-order valence-electron chi connectivity index (χ4n) is 2.32. The second kappa shape index (κ2) is 9.45. The smallest absolute Gasteiger partial charge is 0.331 e. The van der Waals surface area contributed by atoms with Crippen LogP contribution in [-0.2, 0) is 14.3 Å². The van der Waals surface area contributed by atoms with E-state index in [-0.39, 0.29) is 5.75 Å². The number of carbonyl (C=O) groups is 2. The molecule has 28 heavy (non-hydrogen) atoms. The minimum Gasteiger partial charge on any atom is -0.504 e. The summed E-state index contributed by atoms with van der Waals surface area (Å²) < 4.78 is 10.1. The first kappa shape index (κ1) is 20.8. The van der Waals surface area contributed by atoms with Crippen LogP contribution in [0.25, 0.3) is 6.08 Å². The zero-order valence-corrected chi connectivity index (χ0v) is 16.3. The number of benzene rings is 2.